The van der Waals surface area contributed by atoms with E-state index in [0.29, 0.717) is 41.5 Å². The molecular weight excluding hydrogens is 410 g/mol. The zero-order valence-electron chi connectivity index (χ0n) is 18.5. The van der Waals surface area contributed by atoms with E-state index >= 15 is 0 Å². The number of nitrogens with zero attached hydrogens (tertiary/aromatic N) is 2. The van der Waals surface area contributed by atoms with Crippen LogP contribution in [0.25, 0.3) is 0 Å². The summed E-state index contributed by atoms with van der Waals surface area (Å²) in [6.45, 7) is 2.88. The van der Waals surface area contributed by atoms with Crippen molar-refractivity contribution in [3.63, 3.8) is 0 Å². The fraction of sp³-hybridized carbons (Fsp3) is 0.375. The highest BCUT2D eigenvalue weighted by molar-refractivity contribution is 6.04. The third-order valence-electron chi connectivity index (χ3n) is 5.93. The summed E-state index contributed by atoms with van der Waals surface area (Å²) in [5.41, 5.74) is 2.93. The topological polar surface area (TPSA) is 88.2 Å². The van der Waals surface area contributed by atoms with Gasteiger partial charge in [0, 0.05) is 37.7 Å². The molecule has 32 heavy (non-hydrogen) atoms. The number of hydrogen-bond acceptors (Lipinski definition) is 5. The number of rotatable bonds is 6. The third-order valence-corrected chi connectivity index (χ3v) is 5.93. The number of methoxy groups -OCH3 is 2. The van der Waals surface area contributed by atoms with Crippen molar-refractivity contribution >= 4 is 34.8 Å². The number of carbonyl (C=O) groups is 3. The van der Waals surface area contributed by atoms with Crippen molar-refractivity contribution in [1.29, 1.82) is 0 Å². The van der Waals surface area contributed by atoms with Gasteiger partial charge in [0.25, 0.3) is 0 Å². The molecule has 0 bridgehead atoms. The largest absolute Gasteiger partial charge is 0.495 e. The number of amides is 3. The van der Waals surface area contributed by atoms with Gasteiger partial charge in [0.15, 0.2) is 0 Å². The molecule has 0 aliphatic carbocycles. The molecule has 2 aromatic rings. The van der Waals surface area contributed by atoms with E-state index in [-0.39, 0.29) is 30.7 Å². The van der Waals surface area contributed by atoms with Crippen molar-refractivity contribution in [1.82, 2.24) is 0 Å². The van der Waals surface area contributed by atoms with Gasteiger partial charge in [-0.2, -0.15) is 0 Å². The molecule has 0 saturated carbocycles. The second-order valence-electron chi connectivity index (χ2n) is 8.11. The van der Waals surface area contributed by atoms with E-state index in [4.69, 9.17) is 9.47 Å². The molecule has 2 aliphatic heterocycles. The summed E-state index contributed by atoms with van der Waals surface area (Å²) < 4.78 is 10.9. The van der Waals surface area contributed by atoms with Crippen molar-refractivity contribution in [3.8, 4) is 11.5 Å². The maximum Gasteiger partial charge on any atom is 0.229 e. The SMILES string of the molecule is COc1cc(NC(=O)[C@@H]2CC(=O)N(c3cc(C)ccc3OC)C2)ccc1N1CCCC1=O. The fourth-order valence-electron chi connectivity index (χ4n) is 4.25. The zero-order chi connectivity index (χ0) is 22.8. The molecule has 0 spiro atoms. The number of ether oxygens (including phenoxy) is 2. The quantitative estimate of drug-likeness (QED) is 0.750. The molecule has 0 unspecified atom stereocenters. The molecule has 8 heteroatoms. The summed E-state index contributed by atoms with van der Waals surface area (Å²) in [5, 5.41) is 2.89. The predicted molar refractivity (Wildman–Crippen MR) is 121 cm³/mol. The number of anilines is 3. The van der Waals surface area contributed by atoms with E-state index in [1.807, 2.05) is 25.1 Å². The van der Waals surface area contributed by atoms with Gasteiger partial charge in [-0.1, -0.05) is 6.07 Å². The first-order valence-electron chi connectivity index (χ1n) is 10.7. The van der Waals surface area contributed by atoms with E-state index in [1.165, 1.54) is 7.11 Å². The number of nitrogens with one attached hydrogen (secondary N) is 1. The summed E-state index contributed by atoms with van der Waals surface area (Å²) in [5.74, 6) is 0.345. The molecule has 2 aliphatic rings. The average molecular weight is 437 g/mol. The Bertz CT molecular complexity index is 1070. The number of hydrogen-bond donors (Lipinski definition) is 1. The lowest BCUT2D eigenvalue weighted by atomic mass is 10.1. The fourth-order valence-corrected chi connectivity index (χ4v) is 4.25. The van der Waals surface area contributed by atoms with Crippen LogP contribution in [0.1, 0.15) is 24.8 Å². The molecule has 3 amide bonds. The highest BCUT2D eigenvalue weighted by atomic mass is 16.5. The molecular formula is C24H27N3O5. The van der Waals surface area contributed by atoms with Gasteiger partial charge in [-0.25, -0.2) is 0 Å². The van der Waals surface area contributed by atoms with Crippen LogP contribution in [0.15, 0.2) is 36.4 Å². The second kappa shape index (κ2) is 8.90. The highest BCUT2D eigenvalue weighted by Crippen LogP contribution is 2.36. The van der Waals surface area contributed by atoms with Gasteiger partial charge in [0.1, 0.15) is 11.5 Å². The first kappa shape index (κ1) is 21.7. The van der Waals surface area contributed by atoms with Gasteiger partial charge in [-0.05, 0) is 43.2 Å². The Hall–Kier alpha value is -3.55. The van der Waals surface area contributed by atoms with E-state index in [9.17, 15) is 14.4 Å². The maximum absolute atomic E-state index is 12.9. The van der Waals surface area contributed by atoms with Gasteiger partial charge in [0.2, 0.25) is 17.7 Å². The zero-order valence-corrected chi connectivity index (χ0v) is 18.5. The molecule has 2 heterocycles. The van der Waals surface area contributed by atoms with Crippen LogP contribution >= 0.6 is 0 Å². The van der Waals surface area contributed by atoms with Crippen LogP contribution in [0.4, 0.5) is 17.1 Å². The lowest BCUT2D eigenvalue weighted by Crippen LogP contribution is -2.28. The minimum absolute atomic E-state index is 0.0659. The lowest BCUT2D eigenvalue weighted by Gasteiger charge is -2.21. The third kappa shape index (κ3) is 4.12. The van der Waals surface area contributed by atoms with Gasteiger partial charge in [-0.3, -0.25) is 14.4 Å². The summed E-state index contributed by atoms with van der Waals surface area (Å²) in [6, 6.07) is 10.9. The summed E-state index contributed by atoms with van der Waals surface area (Å²) in [4.78, 5) is 41.0. The molecule has 2 aromatic carbocycles. The molecule has 0 radical (unpaired) electrons. The van der Waals surface area contributed by atoms with Crippen LogP contribution in [0, 0.1) is 12.8 Å². The normalized spacial score (nSPS) is 18.3. The van der Waals surface area contributed by atoms with Crippen LogP contribution in [-0.2, 0) is 14.4 Å². The van der Waals surface area contributed by atoms with E-state index in [1.54, 1.807) is 35.1 Å². The van der Waals surface area contributed by atoms with Gasteiger partial charge in [-0.15, -0.1) is 0 Å². The number of benzene rings is 2. The van der Waals surface area contributed by atoms with Crippen LogP contribution in [0.5, 0.6) is 11.5 Å². The van der Waals surface area contributed by atoms with Crippen LogP contribution in [0.3, 0.4) is 0 Å². The smallest absolute Gasteiger partial charge is 0.229 e. The summed E-state index contributed by atoms with van der Waals surface area (Å²) >= 11 is 0. The van der Waals surface area contributed by atoms with E-state index < -0.39 is 5.92 Å². The Morgan fingerprint density at radius 3 is 2.44 bits per heavy atom. The van der Waals surface area contributed by atoms with Gasteiger partial charge in [0.05, 0.1) is 31.5 Å². The molecule has 1 atom stereocenters. The van der Waals surface area contributed by atoms with Crippen LogP contribution < -0.4 is 24.6 Å². The summed E-state index contributed by atoms with van der Waals surface area (Å²) in [6.07, 6.45) is 1.47. The molecule has 4 rings (SSSR count). The Morgan fingerprint density at radius 1 is 0.969 bits per heavy atom. The minimum Gasteiger partial charge on any atom is -0.495 e. The van der Waals surface area contributed by atoms with Crippen molar-refractivity contribution in [2.75, 3.05) is 42.4 Å². The van der Waals surface area contributed by atoms with Crippen molar-refractivity contribution in [2.45, 2.75) is 26.2 Å². The van der Waals surface area contributed by atoms with Crippen LogP contribution in [0.2, 0.25) is 0 Å². The standard InChI is InChI=1S/C24H27N3O5/c1-15-6-9-20(31-2)19(11-15)27-14-16(12-23(27)29)24(30)25-17-7-8-18(21(13-17)32-3)26-10-4-5-22(26)28/h6-9,11,13,16H,4-5,10,12,14H2,1-3H3,(H,25,30)/t16-/m1/s1. The number of carbonyl (C=O) groups excluding carboxylic acids is 3. The maximum atomic E-state index is 12.9. The van der Waals surface area contributed by atoms with Crippen molar-refractivity contribution < 1.29 is 23.9 Å². The first-order chi connectivity index (χ1) is 15.4. The Labute approximate surface area is 187 Å². The second-order valence-corrected chi connectivity index (χ2v) is 8.11. The Balaban J connectivity index is 1.48. The molecule has 0 aromatic heterocycles. The molecule has 8 nitrogen and oxygen atoms in total. The highest BCUT2D eigenvalue weighted by Gasteiger charge is 2.36. The van der Waals surface area contributed by atoms with Gasteiger partial charge < -0.3 is 24.6 Å². The number of aryl methyl sites for hydroxylation is 1. The first-order valence-corrected chi connectivity index (χ1v) is 10.7. The lowest BCUT2D eigenvalue weighted by molar-refractivity contribution is -0.122. The average Bonchev–Trinajstić information content (AvgIpc) is 3.39. The minimum atomic E-state index is -0.487. The Kier molecular flexibility index (Phi) is 6.03. The summed E-state index contributed by atoms with van der Waals surface area (Å²) in [7, 11) is 3.10. The van der Waals surface area contributed by atoms with Crippen molar-refractivity contribution in [3.05, 3.63) is 42.0 Å². The predicted octanol–water partition coefficient (Wildman–Crippen LogP) is 3.13. The molecule has 168 valence electrons. The van der Waals surface area contributed by atoms with E-state index in [2.05, 4.69) is 5.32 Å². The van der Waals surface area contributed by atoms with E-state index in [0.717, 1.165) is 12.0 Å². The molecule has 2 fully saturated rings. The Morgan fingerprint density at radius 2 is 1.75 bits per heavy atom. The monoisotopic (exact) mass is 437 g/mol. The van der Waals surface area contributed by atoms with Crippen molar-refractivity contribution in [2.24, 2.45) is 5.92 Å². The van der Waals surface area contributed by atoms with Crippen LogP contribution in [-0.4, -0.2) is 45.0 Å². The van der Waals surface area contributed by atoms with Gasteiger partial charge >= 0.3 is 0 Å². The molecule has 1 N–H and O–H groups in total. The molecule has 2 saturated heterocycles.